The quantitative estimate of drug-likeness (QED) is 0.552. The Morgan fingerprint density at radius 2 is 1.94 bits per heavy atom. The van der Waals surface area contributed by atoms with Crippen LogP contribution in [0.1, 0.15) is 23.2 Å². The highest BCUT2D eigenvalue weighted by Gasteiger charge is 2.33. The maximum absolute atomic E-state index is 12.5. The first-order valence-electron chi connectivity index (χ1n) is 4.77. The molecule has 7 heteroatoms. The second-order valence-electron chi connectivity index (χ2n) is 3.33. The molecule has 6 nitrogen and oxygen atoms in total. The molecule has 17 heavy (non-hydrogen) atoms. The van der Waals surface area contributed by atoms with Gasteiger partial charge in [-0.15, -0.1) is 5.06 Å². The van der Waals surface area contributed by atoms with E-state index in [4.69, 9.17) is 0 Å². The Bertz CT molecular complexity index is 470. The number of imide groups is 1. The summed E-state index contributed by atoms with van der Waals surface area (Å²) in [6, 6.07) is 2.12. The van der Waals surface area contributed by atoms with Crippen molar-refractivity contribution in [2.75, 3.05) is 0 Å². The molecule has 1 saturated heterocycles. The Morgan fingerprint density at radius 3 is 2.47 bits per heavy atom. The van der Waals surface area contributed by atoms with Gasteiger partial charge in [-0.1, -0.05) is 0 Å². The number of carbonyl (C=O) groups is 3. The molecule has 0 aromatic carbocycles. The molecule has 1 aromatic rings. The number of hydrogen-bond acceptors (Lipinski definition) is 5. The second kappa shape index (κ2) is 4.28. The minimum absolute atomic E-state index is 0.0216. The van der Waals surface area contributed by atoms with Gasteiger partial charge in [0.1, 0.15) is 0 Å². The van der Waals surface area contributed by atoms with Gasteiger partial charge in [-0.3, -0.25) is 9.59 Å². The molecule has 0 unspecified atom stereocenters. The Balaban J connectivity index is 2.09. The topological polar surface area (TPSA) is 76.6 Å². The van der Waals surface area contributed by atoms with E-state index in [2.05, 4.69) is 9.82 Å². The van der Waals surface area contributed by atoms with Crippen molar-refractivity contribution in [3.05, 3.63) is 29.8 Å². The van der Waals surface area contributed by atoms with Gasteiger partial charge in [0.05, 0.1) is 5.56 Å². The highest BCUT2D eigenvalue weighted by molar-refractivity contribution is 6.02. The summed E-state index contributed by atoms with van der Waals surface area (Å²) in [4.78, 5) is 41.6. The van der Waals surface area contributed by atoms with Crippen LogP contribution in [0.25, 0.3) is 0 Å². The number of carbonyl (C=O) groups excluding carboxylic acids is 3. The molecule has 0 aliphatic carbocycles. The van der Waals surface area contributed by atoms with E-state index in [1.165, 1.54) is 0 Å². The Hall–Kier alpha value is -2.31. The maximum Gasteiger partial charge on any atom is 0.365 e. The van der Waals surface area contributed by atoms with Crippen LogP contribution in [0.5, 0.6) is 0 Å². The Kier molecular flexibility index (Phi) is 2.82. The van der Waals surface area contributed by atoms with Gasteiger partial charge in [-0.2, -0.15) is 4.39 Å². The highest BCUT2D eigenvalue weighted by atomic mass is 19.1. The van der Waals surface area contributed by atoms with Crippen molar-refractivity contribution >= 4 is 17.8 Å². The van der Waals surface area contributed by atoms with E-state index in [1.807, 2.05) is 0 Å². The first kappa shape index (κ1) is 11.2. The van der Waals surface area contributed by atoms with Crippen molar-refractivity contribution in [3.8, 4) is 0 Å². The van der Waals surface area contributed by atoms with Crippen molar-refractivity contribution in [2.45, 2.75) is 12.8 Å². The normalized spacial score (nSPS) is 15.2. The summed E-state index contributed by atoms with van der Waals surface area (Å²) in [6.07, 6.45) is 1.00. The molecule has 0 radical (unpaired) electrons. The lowest BCUT2D eigenvalue weighted by atomic mass is 10.3. The summed E-state index contributed by atoms with van der Waals surface area (Å²) in [5.41, 5.74) is -0.0427. The van der Waals surface area contributed by atoms with Crippen LogP contribution in [0.15, 0.2) is 18.3 Å². The third-order valence-electron chi connectivity index (χ3n) is 2.14. The van der Waals surface area contributed by atoms with E-state index in [0.29, 0.717) is 5.06 Å². The average Bonchev–Trinajstić information content (AvgIpc) is 2.61. The van der Waals surface area contributed by atoms with Crippen molar-refractivity contribution in [1.82, 2.24) is 10.0 Å². The third kappa shape index (κ3) is 2.27. The molecule has 1 aliphatic heterocycles. The van der Waals surface area contributed by atoms with Crippen LogP contribution in [-0.2, 0) is 14.4 Å². The lowest BCUT2D eigenvalue weighted by Gasteiger charge is -2.11. The van der Waals surface area contributed by atoms with Crippen LogP contribution in [-0.4, -0.2) is 27.8 Å². The average molecular weight is 238 g/mol. The number of amides is 2. The van der Waals surface area contributed by atoms with E-state index in [-0.39, 0.29) is 18.4 Å². The molecule has 0 spiro atoms. The van der Waals surface area contributed by atoms with Gasteiger partial charge in [0, 0.05) is 19.0 Å². The number of pyridine rings is 1. The molecule has 0 saturated carbocycles. The largest absolute Gasteiger partial charge is 0.365 e. The van der Waals surface area contributed by atoms with Crippen molar-refractivity contribution in [1.29, 1.82) is 0 Å². The van der Waals surface area contributed by atoms with Crippen molar-refractivity contribution in [2.24, 2.45) is 0 Å². The van der Waals surface area contributed by atoms with E-state index in [9.17, 15) is 18.8 Å². The van der Waals surface area contributed by atoms with E-state index in [0.717, 1.165) is 18.3 Å². The van der Waals surface area contributed by atoms with Gasteiger partial charge in [0.2, 0.25) is 5.95 Å². The fourth-order valence-corrected chi connectivity index (χ4v) is 1.29. The number of hydrogen-bond donors (Lipinski definition) is 0. The summed E-state index contributed by atoms with van der Waals surface area (Å²) < 4.78 is 12.5. The first-order valence-corrected chi connectivity index (χ1v) is 4.77. The van der Waals surface area contributed by atoms with Crippen LogP contribution in [0.3, 0.4) is 0 Å². The zero-order chi connectivity index (χ0) is 12.4. The van der Waals surface area contributed by atoms with E-state index < -0.39 is 23.7 Å². The number of halogens is 1. The third-order valence-corrected chi connectivity index (χ3v) is 2.14. The predicted molar refractivity (Wildman–Crippen MR) is 50.7 cm³/mol. The van der Waals surface area contributed by atoms with Gasteiger partial charge >= 0.3 is 5.97 Å². The fourth-order valence-electron chi connectivity index (χ4n) is 1.29. The number of aromatic nitrogens is 1. The molecule has 0 N–H and O–H groups in total. The first-order chi connectivity index (χ1) is 8.08. The minimum atomic E-state index is -0.930. The lowest BCUT2D eigenvalue weighted by molar-refractivity contribution is -0.172. The number of nitrogens with zero attached hydrogens (tertiary/aromatic N) is 2. The zero-order valence-corrected chi connectivity index (χ0v) is 8.55. The second-order valence-corrected chi connectivity index (χ2v) is 3.33. The SMILES string of the molecule is O=C(ON1C(=O)CCC1=O)c1ccc(F)nc1. The smallest absolute Gasteiger partial charge is 0.325 e. The molecule has 1 fully saturated rings. The molecule has 0 bridgehead atoms. The fraction of sp³-hybridized carbons (Fsp3) is 0.200. The maximum atomic E-state index is 12.5. The molecule has 2 rings (SSSR count). The van der Waals surface area contributed by atoms with E-state index in [1.54, 1.807) is 0 Å². The van der Waals surface area contributed by atoms with Gasteiger partial charge in [-0.05, 0) is 12.1 Å². The standard InChI is InChI=1S/C10H7FN2O4/c11-7-2-1-6(5-12-7)10(16)17-13-8(14)3-4-9(13)15/h1-2,5H,3-4H2. The van der Waals surface area contributed by atoms with Crippen LogP contribution in [0, 0.1) is 5.95 Å². The minimum Gasteiger partial charge on any atom is -0.325 e. The molecule has 2 amide bonds. The van der Waals surface area contributed by atoms with Crippen molar-refractivity contribution < 1.29 is 23.6 Å². The molecule has 1 aliphatic rings. The molecular weight excluding hydrogens is 231 g/mol. The predicted octanol–water partition coefficient (Wildman–Crippen LogP) is 0.441. The zero-order valence-electron chi connectivity index (χ0n) is 8.55. The molecule has 0 atom stereocenters. The molecule has 1 aromatic heterocycles. The highest BCUT2D eigenvalue weighted by Crippen LogP contribution is 2.13. The molecule has 88 valence electrons. The Morgan fingerprint density at radius 1 is 1.29 bits per heavy atom. The summed E-state index contributed by atoms with van der Waals surface area (Å²) >= 11 is 0. The summed E-state index contributed by atoms with van der Waals surface area (Å²) in [6.45, 7) is 0. The monoisotopic (exact) mass is 238 g/mol. The van der Waals surface area contributed by atoms with Gasteiger partial charge in [-0.25, -0.2) is 9.78 Å². The Labute approximate surface area is 94.9 Å². The van der Waals surface area contributed by atoms with Crippen LogP contribution >= 0.6 is 0 Å². The molecule has 2 heterocycles. The van der Waals surface area contributed by atoms with Crippen LogP contribution in [0.2, 0.25) is 0 Å². The van der Waals surface area contributed by atoms with Crippen LogP contribution in [0.4, 0.5) is 4.39 Å². The lowest BCUT2D eigenvalue weighted by Crippen LogP contribution is -2.32. The van der Waals surface area contributed by atoms with Gasteiger partial charge < -0.3 is 4.84 Å². The summed E-state index contributed by atoms with van der Waals surface area (Å²) in [7, 11) is 0. The van der Waals surface area contributed by atoms with Gasteiger partial charge in [0.15, 0.2) is 0 Å². The van der Waals surface area contributed by atoms with E-state index >= 15 is 0 Å². The van der Waals surface area contributed by atoms with Crippen LogP contribution < -0.4 is 0 Å². The number of rotatable bonds is 2. The van der Waals surface area contributed by atoms with Crippen molar-refractivity contribution in [3.63, 3.8) is 0 Å². The summed E-state index contributed by atoms with van der Waals surface area (Å²) in [5, 5.41) is 0.422. The summed E-state index contributed by atoms with van der Waals surface area (Å²) in [5.74, 6) is -2.81. The molecular formula is C10H7FN2O4. The van der Waals surface area contributed by atoms with Gasteiger partial charge in [0.25, 0.3) is 11.8 Å². The number of hydroxylamine groups is 2.